The van der Waals surface area contributed by atoms with Crippen LogP contribution < -0.4 is 0 Å². The SMILES string of the molecule is O=C(COC1OC2(OC1COC(=O)C13CC4CC(C1)C1(OCC(F)(F)C(F)(F)CO1)C(C4)C3)C1CC3CC(C1)CC2C3)C12CC3CC(C1)C1(OCC(F)(F)C(F)(F)CO1)C(C3)C2. The van der Waals surface area contributed by atoms with Crippen LogP contribution in [-0.2, 0) is 47.5 Å². The maximum Gasteiger partial charge on any atom is 0.335 e. The highest BCUT2D eigenvalue weighted by Crippen LogP contribution is 2.68. The van der Waals surface area contributed by atoms with Crippen LogP contribution in [0.4, 0.5) is 35.1 Å². The van der Waals surface area contributed by atoms with Gasteiger partial charge in [-0.3, -0.25) is 9.59 Å². The monoisotopic (exact) mass is 894 g/mol. The predicted molar refractivity (Wildman–Crippen MR) is 192 cm³/mol. The third-order valence-corrected chi connectivity index (χ3v) is 18.6. The average Bonchev–Trinajstić information content (AvgIpc) is 3.49. The van der Waals surface area contributed by atoms with Crippen LogP contribution >= 0.6 is 0 Å². The van der Waals surface area contributed by atoms with Crippen LogP contribution in [0.25, 0.3) is 0 Å². The maximum atomic E-state index is 14.4. The van der Waals surface area contributed by atoms with E-state index in [-0.39, 0.29) is 68.4 Å². The molecular weight excluding hydrogens is 840 g/mol. The molecule has 15 fully saturated rings. The number of carbonyl (C=O) groups is 2. The largest absolute Gasteiger partial charge is 0.462 e. The Bertz CT molecular complexity index is 1670. The van der Waals surface area contributed by atoms with Crippen molar-refractivity contribution in [3.05, 3.63) is 0 Å². The lowest BCUT2D eigenvalue weighted by atomic mass is 9.46. The summed E-state index contributed by atoms with van der Waals surface area (Å²) in [5.41, 5.74) is -1.88. The van der Waals surface area contributed by atoms with Crippen molar-refractivity contribution in [2.75, 3.05) is 39.6 Å². The van der Waals surface area contributed by atoms with Gasteiger partial charge in [0.05, 0.1) is 5.41 Å². The van der Waals surface area contributed by atoms with E-state index in [0.717, 1.165) is 25.7 Å². The van der Waals surface area contributed by atoms with Gasteiger partial charge in [0.25, 0.3) is 0 Å². The quantitative estimate of drug-likeness (QED) is 0.187. The van der Waals surface area contributed by atoms with Gasteiger partial charge in [-0.05, 0) is 120 Å². The van der Waals surface area contributed by atoms with E-state index < -0.39 is 120 Å². The molecule has 0 aromatic heterocycles. The van der Waals surface area contributed by atoms with E-state index in [1.165, 1.54) is 6.42 Å². The average molecular weight is 895 g/mol. The molecule has 12 bridgehead atoms. The van der Waals surface area contributed by atoms with Crippen LogP contribution in [-0.4, -0.2) is 105 Å². The molecular formula is C44H54F8O10. The summed E-state index contributed by atoms with van der Waals surface area (Å²) in [4.78, 5) is 28.8. The van der Waals surface area contributed by atoms with Gasteiger partial charge in [0, 0.05) is 40.9 Å². The van der Waals surface area contributed by atoms with Gasteiger partial charge in [0.2, 0.25) is 0 Å². The van der Waals surface area contributed by atoms with Crippen molar-refractivity contribution in [2.45, 2.75) is 150 Å². The molecule has 18 heteroatoms. The van der Waals surface area contributed by atoms with Crippen molar-refractivity contribution < 1.29 is 82.6 Å². The lowest BCUT2D eigenvalue weighted by Gasteiger charge is -2.63. The first-order chi connectivity index (χ1) is 29.2. The highest BCUT2D eigenvalue weighted by Gasteiger charge is 2.73. The van der Waals surface area contributed by atoms with Gasteiger partial charge in [0.1, 0.15) is 45.7 Å². The van der Waals surface area contributed by atoms with E-state index >= 15 is 0 Å². The zero-order valence-electron chi connectivity index (χ0n) is 34.4. The van der Waals surface area contributed by atoms with Gasteiger partial charge >= 0.3 is 29.7 Å². The van der Waals surface area contributed by atoms with Crippen LogP contribution in [0.2, 0.25) is 0 Å². The van der Waals surface area contributed by atoms with E-state index in [1.54, 1.807) is 0 Å². The predicted octanol–water partition coefficient (Wildman–Crippen LogP) is 7.69. The number of hydrogen-bond donors (Lipinski definition) is 0. The lowest BCUT2D eigenvalue weighted by Crippen LogP contribution is -2.65. The maximum absolute atomic E-state index is 14.4. The standard InChI is InChI=1S/C44H54F8O10/c45-38(46)18-57-42(58-19-39(38,47)48)28-6-24-7-29(42)13-36(10-24,12-28)33(53)17-55-34-32(61-44(62-34)26-2-22-1-23(4-26)5-27(44)3-22)16-56-35(54)37-11-25-8-30(14-37)43(31(9-25)15-37)59-20-40(49,50)41(51,52)21-60-43/h22-32,34H,1-21H2. The summed E-state index contributed by atoms with van der Waals surface area (Å²) in [6.45, 7) is -6.48. The summed E-state index contributed by atoms with van der Waals surface area (Å²) >= 11 is 0. The molecule has 12 aliphatic carbocycles. The molecule has 0 amide bonds. The highest BCUT2D eigenvalue weighted by molar-refractivity contribution is 5.86. The van der Waals surface area contributed by atoms with Gasteiger partial charge in [0.15, 0.2) is 29.4 Å². The first-order valence-corrected chi connectivity index (χ1v) is 22.9. The first kappa shape index (κ1) is 41.7. The molecule has 0 aromatic carbocycles. The molecule has 62 heavy (non-hydrogen) atoms. The van der Waals surface area contributed by atoms with Crippen molar-refractivity contribution in [1.82, 2.24) is 0 Å². The molecule has 3 saturated heterocycles. The second-order valence-electron chi connectivity index (χ2n) is 22.2. The summed E-state index contributed by atoms with van der Waals surface area (Å²) in [5, 5.41) is 0. The van der Waals surface area contributed by atoms with E-state index in [1.807, 2.05) is 0 Å². The highest BCUT2D eigenvalue weighted by atomic mass is 19.3. The Morgan fingerprint density at radius 3 is 1.32 bits per heavy atom. The van der Waals surface area contributed by atoms with Crippen molar-refractivity contribution in [1.29, 1.82) is 0 Å². The van der Waals surface area contributed by atoms with Crippen molar-refractivity contribution >= 4 is 11.8 Å². The van der Waals surface area contributed by atoms with Gasteiger partial charge in [-0.25, -0.2) is 0 Å². The Morgan fingerprint density at radius 1 is 0.468 bits per heavy atom. The minimum Gasteiger partial charge on any atom is -0.462 e. The van der Waals surface area contributed by atoms with Crippen LogP contribution in [0.3, 0.4) is 0 Å². The van der Waals surface area contributed by atoms with Crippen LogP contribution in [0.5, 0.6) is 0 Å². The minimum atomic E-state index is -4.40. The summed E-state index contributed by atoms with van der Waals surface area (Å²) in [7, 11) is 0. The van der Waals surface area contributed by atoms with E-state index in [2.05, 4.69) is 0 Å². The summed E-state index contributed by atoms with van der Waals surface area (Å²) in [6, 6.07) is 0. The molecule has 0 N–H and O–H groups in total. The van der Waals surface area contributed by atoms with E-state index in [0.29, 0.717) is 50.4 Å². The molecule has 0 radical (unpaired) electrons. The third kappa shape index (κ3) is 5.76. The number of carbonyl (C=O) groups excluding carboxylic acids is 2. The number of rotatable bonds is 7. The summed E-state index contributed by atoms with van der Waals surface area (Å²) in [6.07, 6.45) is 6.83. The number of ether oxygens (including phenoxy) is 8. The number of hydrogen-bond acceptors (Lipinski definition) is 10. The lowest BCUT2D eigenvalue weighted by molar-refractivity contribution is -0.346. The Kier molecular flexibility index (Phi) is 8.92. The number of halogens is 8. The Morgan fingerprint density at radius 2 is 0.871 bits per heavy atom. The van der Waals surface area contributed by atoms with Crippen molar-refractivity contribution in [3.63, 3.8) is 0 Å². The first-order valence-electron chi connectivity index (χ1n) is 22.9. The smallest absolute Gasteiger partial charge is 0.335 e. The Balaban J connectivity index is 0.753. The summed E-state index contributed by atoms with van der Waals surface area (Å²) < 4.78 is 164. The van der Waals surface area contributed by atoms with Crippen molar-refractivity contribution in [3.8, 4) is 0 Å². The second-order valence-corrected chi connectivity index (χ2v) is 22.2. The zero-order chi connectivity index (χ0) is 43.1. The fraction of sp³-hybridized carbons (Fsp3) is 0.955. The van der Waals surface area contributed by atoms with Gasteiger partial charge in [-0.15, -0.1) is 0 Å². The van der Waals surface area contributed by atoms with Gasteiger partial charge in [-0.2, -0.15) is 35.1 Å². The number of esters is 1. The fourth-order valence-corrected chi connectivity index (χ4v) is 16.4. The van der Waals surface area contributed by atoms with E-state index in [9.17, 15) is 44.7 Å². The molecule has 6 atom stereocenters. The Labute approximate surface area is 353 Å². The van der Waals surface area contributed by atoms with Gasteiger partial charge in [-0.1, -0.05) is 0 Å². The van der Waals surface area contributed by atoms with Gasteiger partial charge < -0.3 is 37.9 Å². The number of Topliss-reactive ketones (excluding diaryl/α,β-unsaturated/α-hetero) is 1. The topological polar surface area (TPSA) is 108 Å². The Hall–Kier alpha value is -1.70. The molecule has 15 rings (SSSR count). The number of ketones is 1. The molecule has 3 spiro atoms. The molecule has 10 nitrogen and oxygen atoms in total. The second kappa shape index (κ2) is 13.3. The molecule has 3 heterocycles. The van der Waals surface area contributed by atoms with Crippen LogP contribution in [0.15, 0.2) is 0 Å². The van der Waals surface area contributed by atoms with Crippen LogP contribution in [0.1, 0.15) is 96.3 Å². The molecule has 6 unspecified atom stereocenters. The normalized spacial score (nSPS) is 50.9. The summed E-state index contributed by atoms with van der Waals surface area (Å²) in [5.74, 6) is -23.3. The van der Waals surface area contributed by atoms with E-state index in [4.69, 9.17) is 37.9 Å². The van der Waals surface area contributed by atoms with Crippen LogP contribution in [0, 0.1) is 70.0 Å². The third-order valence-electron chi connectivity index (χ3n) is 18.6. The molecule has 0 aromatic rings. The van der Waals surface area contributed by atoms with Crippen molar-refractivity contribution in [2.24, 2.45) is 70.0 Å². The molecule has 3 aliphatic heterocycles. The fourth-order valence-electron chi connectivity index (χ4n) is 16.4. The molecule has 346 valence electrons. The molecule has 12 saturated carbocycles. The number of alkyl halides is 8. The zero-order valence-corrected chi connectivity index (χ0v) is 34.4. The molecule has 15 aliphatic rings. The minimum absolute atomic E-state index is 0.0358.